The van der Waals surface area contributed by atoms with Crippen LogP contribution >= 0.6 is 0 Å². The molecule has 0 fully saturated rings. The molecule has 0 saturated carbocycles. The maximum Gasteiger partial charge on any atom is 0.419 e. The first-order chi connectivity index (χ1) is 15.1. The van der Waals surface area contributed by atoms with Crippen molar-refractivity contribution in [3.8, 4) is 0 Å². The summed E-state index contributed by atoms with van der Waals surface area (Å²) in [5.41, 5.74) is 5.91. The number of urea groups is 1. The fourth-order valence-electron chi connectivity index (χ4n) is 4.10. The molecule has 1 aromatic carbocycles. The van der Waals surface area contributed by atoms with Gasteiger partial charge in [-0.25, -0.2) is 9.18 Å². The van der Waals surface area contributed by atoms with E-state index >= 15 is 0 Å². The molecular weight excluding hydrogens is 432 g/mol. The number of anilines is 1. The van der Waals surface area contributed by atoms with Crippen molar-refractivity contribution in [3.63, 3.8) is 0 Å². The highest BCUT2D eigenvalue weighted by Crippen LogP contribution is 2.33. The van der Waals surface area contributed by atoms with Crippen molar-refractivity contribution < 1.29 is 27.2 Å². The van der Waals surface area contributed by atoms with Crippen LogP contribution in [0.4, 0.5) is 28.0 Å². The smallest absolute Gasteiger partial charge is 0.340 e. The average Bonchev–Trinajstić information content (AvgIpc) is 3.04. The summed E-state index contributed by atoms with van der Waals surface area (Å²) in [6, 6.07) is 1.63. The van der Waals surface area contributed by atoms with E-state index in [1.165, 1.54) is 4.90 Å². The zero-order valence-corrected chi connectivity index (χ0v) is 17.2. The van der Waals surface area contributed by atoms with Crippen LogP contribution in [0.3, 0.4) is 0 Å². The molecule has 1 aromatic heterocycles. The summed E-state index contributed by atoms with van der Waals surface area (Å²) in [5.74, 6) is -1.59. The predicted octanol–water partition coefficient (Wildman–Crippen LogP) is 2.29. The van der Waals surface area contributed by atoms with Crippen LogP contribution in [0.5, 0.6) is 0 Å². The number of amides is 3. The van der Waals surface area contributed by atoms with E-state index in [1.54, 1.807) is 16.6 Å². The minimum Gasteiger partial charge on any atom is -0.340 e. The Bertz CT molecular complexity index is 1070. The number of carbonyl (C=O) groups excluding carboxylic acids is 2. The molecule has 0 aliphatic carbocycles. The van der Waals surface area contributed by atoms with Gasteiger partial charge in [-0.1, -0.05) is 0 Å². The average molecular weight is 454 g/mol. The van der Waals surface area contributed by atoms with Gasteiger partial charge in [-0.15, -0.1) is 0 Å². The van der Waals surface area contributed by atoms with Crippen molar-refractivity contribution in [1.82, 2.24) is 19.6 Å². The molecule has 1 unspecified atom stereocenters. The van der Waals surface area contributed by atoms with Gasteiger partial charge in [0, 0.05) is 50.3 Å². The van der Waals surface area contributed by atoms with Crippen molar-refractivity contribution in [2.24, 2.45) is 11.7 Å². The Balaban J connectivity index is 1.56. The molecule has 3 N–H and O–H groups in total. The highest BCUT2D eigenvalue weighted by Gasteiger charge is 2.36. The standard InChI is InChI=1S/C20H22F4N6O2/c1-28-8-11(7-25)9-30-17(18(28)31)13-10-29(5-4-16(13)27-30)19(32)26-12-2-3-15(21)14(6-12)20(22,23)24/h2-3,6,11H,4-5,7-10,25H2,1H3,(H,26,32). The second-order valence-electron chi connectivity index (χ2n) is 8.04. The Morgan fingerprint density at radius 3 is 2.75 bits per heavy atom. The van der Waals surface area contributed by atoms with Crippen molar-refractivity contribution in [2.75, 3.05) is 32.0 Å². The minimum atomic E-state index is -4.88. The van der Waals surface area contributed by atoms with Gasteiger partial charge in [0.1, 0.15) is 11.5 Å². The molecule has 0 bridgehead atoms. The number of fused-ring (bicyclic) bond motifs is 3. The highest BCUT2D eigenvalue weighted by molar-refractivity contribution is 5.95. The van der Waals surface area contributed by atoms with Gasteiger partial charge in [-0.2, -0.15) is 18.3 Å². The first-order valence-electron chi connectivity index (χ1n) is 10.0. The lowest BCUT2D eigenvalue weighted by atomic mass is 10.0. The number of halogens is 4. The number of hydrogen-bond donors (Lipinski definition) is 2. The maximum absolute atomic E-state index is 13.5. The fraction of sp³-hybridized carbons (Fsp3) is 0.450. The minimum absolute atomic E-state index is 0.0484. The number of nitrogens with one attached hydrogen (secondary N) is 1. The largest absolute Gasteiger partial charge is 0.419 e. The van der Waals surface area contributed by atoms with Gasteiger partial charge in [0.25, 0.3) is 5.91 Å². The van der Waals surface area contributed by atoms with E-state index in [2.05, 4.69) is 10.4 Å². The Labute approximate surface area is 180 Å². The summed E-state index contributed by atoms with van der Waals surface area (Å²) in [7, 11) is 1.68. The molecular formula is C20H22F4N6O2. The molecule has 12 heteroatoms. The first kappa shape index (κ1) is 22.1. The Hall–Kier alpha value is -3.15. The summed E-state index contributed by atoms with van der Waals surface area (Å²) >= 11 is 0. The zero-order chi connectivity index (χ0) is 23.2. The third-order valence-electron chi connectivity index (χ3n) is 5.76. The van der Waals surface area contributed by atoms with Crippen molar-refractivity contribution >= 4 is 17.6 Å². The second-order valence-corrected chi connectivity index (χ2v) is 8.04. The number of carbonyl (C=O) groups is 2. The number of nitrogens with two attached hydrogens (primary N) is 1. The summed E-state index contributed by atoms with van der Waals surface area (Å²) in [4.78, 5) is 28.6. The van der Waals surface area contributed by atoms with Gasteiger partial charge in [0.05, 0.1) is 17.8 Å². The number of hydrogen-bond acceptors (Lipinski definition) is 4. The van der Waals surface area contributed by atoms with Crippen molar-refractivity contribution in [3.05, 3.63) is 46.5 Å². The van der Waals surface area contributed by atoms with Crippen LogP contribution in [0.25, 0.3) is 0 Å². The summed E-state index contributed by atoms with van der Waals surface area (Å²) in [6.45, 7) is 1.72. The van der Waals surface area contributed by atoms with Crippen LogP contribution in [0, 0.1) is 11.7 Å². The summed E-state index contributed by atoms with van der Waals surface area (Å²) in [5, 5.41) is 6.93. The molecule has 2 aromatic rings. The maximum atomic E-state index is 13.5. The normalized spacial score (nSPS) is 18.8. The quantitative estimate of drug-likeness (QED) is 0.681. The van der Waals surface area contributed by atoms with Crippen LogP contribution in [0.1, 0.15) is 27.3 Å². The van der Waals surface area contributed by atoms with Crippen LogP contribution in [-0.2, 0) is 25.7 Å². The molecule has 8 nitrogen and oxygen atoms in total. The Kier molecular flexibility index (Phi) is 5.57. The zero-order valence-electron chi connectivity index (χ0n) is 17.2. The van der Waals surface area contributed by atoms with Gasteiger partial charge in [0.2, 0.25) is 0 Å². The van der Waals surface area contributed by atoms with Gasteiger partial charge in [0.15, 0.2) is 0 Å². The number of rotatable bonds is 2. The van der Waals surface area contributed by atoms with Crippen molar-refractivity contribution in [2.45, 2.75) is 25.7 Å². The Morgan fingerprint density at radius 2 is 2.06 bits per heavy atom. The van der Waals surface area contributed by atoms with Crippen LogP contribution < -0.4 is 11.1 Å². The van der Waals surface area contributed by atoms with E-state index in [0.29, 0.717) is 55.1 Å². The third kappa shape index (κ3) is 4.01. The van der Waals surface area contributed by atoms with Crippen molar-refractivity contribution in [1.29, 1.82) is 0 Å². The van der Waals surface area contributed by atoms with Gasteiger partial charge in [-0.05, 0) is 24.7 Å². The Morgan fingerprint density at radius 1 is 1.31 bits per heavy atom. The molecule has 3 amide bonds. The molecule has 32 heavy (non-hydrogen) atoms. The van der Waals surface area contributed by atoms with Crippen LogP contribution in [0.2, 0.25) is 0 Å². The van der Waals surface area contributed by atoms with Gasteiger partial charge < -0.3 is 20.9 Å². The van der Waals surface area contributed by atoms with Gasteiger partial charge >= 0.3 is 12.2 Å². The second kappa shape index (κ2) is 8.08. The van der Waals surface area contributed by atoms with E-state index in [4.69, 9.17) is 5.73 Å². The lowest BCUT2D eigenvalue weighted by Crippen LogP contribution is -2.40. The predicted molar refractivity (Wildman–Crippen MR) is 106 cm³/mol. The van der Waals surface area contributed by atoms with Gasteiger partial charge in [-0.3, -0.25) is 9.48 Å². The molecule has 2 aliphatic heterocycles. The van der Waals surface area contributed by atoms with E-state index in [9.17, 15) is 27.2 Å². The molecule has 0 spiro atoms. The number of nitrogens with zero attached hydrogens (tertiary/aromatic N) is 4. The highest BCUT2D eigenvalue weighted by atomic mass is 19.4. The topological polar surface area (TPSA) is 96.5 Å². The van der Waals surface area contributed by atoms with E-state index in [1.807, 2.05) is 0 Å². The fourth-order valence-corrected chi connectivity index (χ4v) is 4.10. The lowest BCUT2D eigenvalue weighted by Gasteiger charge is -2.27. The monoisotopic (exact) mass is 454 g/mol. The molecule has 0 radical (unpaired) electrons. The molecule has 2 aliphatic rings. The summed E-state index contributed by atoms with van der Waals surface area (Å²) < 4.78 is 54.0. The van der Waals surface area contributed by atoms with E-state index < -0.39 is 23.6 Å². The first-order valence-corrected chi connectivity index (χ1v) is 10.0. The number of benzene rings is 1. The molecule has 172 valence electrons. The molecule has 1 atom stereocenters. The van der Waals surface area contributed by atoms with E-state index in [0.717, 1.165) is 6.07 Å². The number of aromatic nitrogens is 2. The SMILES string of the molecule is CN1CC(CN)Cn2nc3c(c2C1=O)CN(C(=O)Nc1ccc(F)c(C(F)(F)F)c1)CC3. The molecule has 4 rings (SSSR count). The lowest BCUT2D eigenvalue weighted by molar-refractivity contribution is -0.139. The van der Waals surface area contributed by atoms with Crippen LogP contribution in [-0.4, -0.2) is 58.2 Å². The summed E-state index contributed by atoms with van der Waals surface area (Å²) in [6.07, 6.45) is -4.49. The van der Waals surface area contributed by atoms with E-state index in [-0.39, 0.29) is 30.6 Å². The molecule has 3 heterocycles. The number of alkyl halides is 3. The molecule has 0 saturated heterocycles. The van der Waals surface area contributed by atoms with Crippen LogP contribution in [0.15, 0.2) is 18.2 Å². The third-order valence-corrected chi connectivity index (χ3v) is 5.76.